The molecule has 10 nitrogen and oxygen atoms in total. The molecule has 23 heavy (non-hydrogen) atoms. The Morgan fingerprint density at radius 1 is 1.52 bits per heavy atom. The van der Waals surface area contributed by atoms with Crippen molar-refractivity contribution in [1.29, 1.82) is 0 Å². The standard InChI is InChI=1S/C13H17N5O5/c1-7-3-17(11-2-9(15-16-14)10(5-19)23-11)13(21)18(12(7)20)4-8-6-22-8/h3,8-11,19H,2,4-6H2,1H3/t8?,9?,10-,11-/m1/s1. The average molecular weight is 323 g/mol. The lowest BCUT2D eigenvalue weighted by molar-refractivity contribution is -0.0278. The van der Waals surface area contributed by atoms with Gasteiger partial charge in [-0.15, -0.1) is 0 Å². The Labute approximate surface area is 130 Å². The van der Waals surface area contributed by atoms with Gasteiger partial charge in [-0.3, -0.25) is 13.9 Å². The number of azide groups is 1. The zero-order valence-corrected chi connectivity index (χ0v) is 12.5. The fourth-order valence-corrected chi connectivity index (χ4v) is 2.74. The van der Waals surface area contributed by atoms with Crippen molar-refractivity contribution in [2.24, 2.45) is 5.11 Å². The molecule has 2 aliphatic heterocycles. The number of epoxide rings is 1. The number of aryl methyl sites for hydroxylation is 1. The zero-order chi connectivity index (χ0) is 16.6. The minimum absolute atomic E-state index is 0.110. The lowest BCUT2D eigenvalue weighted by Gasteiger charge is -2.17. The van der Waals surface area contributed by atoms with Crippen molar-refractivity contribution in [2.75, 3.05) is 13.2 Å². The van der Waals surface area contributed by atoms with E-state index in [1.165, 1.54) is 10.8 Å². The molecule has 124 valence electrons. The largest absolute Gasteiger partial charge is 0.394 e. The summed E-state index contributed by atoms with van der Waals surface area (Å²) >= 11 is 0. The highest BCUT2D eigenvalue weighted by atomic mass is 16.6. The van der Waals surface area contributed by atoms with Gasteiger partial charge in [0.25, 0.3) is 5.56 Å². The van der Waals surface area contributed by atoms with E-state index in [0.29, 0.717) is 12.2 Å². The minimum Gasteiger partial charge on any atom is -0.394 e. The van der Waals surface area contributed by atoms with Gasteiger partial charge in [-0.2, -0.15) is 0 Å². The van der Waals surface area contributed by atoms with Gasteiger partial charge in [0, 0.05) is 23.1 Å². The van der Waals surface area contributed by atoms with E-state index < -0.39 is 24.1 Å². The Morgan fingerprint density at radius 2 is 2.26 bits per heavy atom. The summed E-state index contributed by atoms with van der Waals surface area (Å²) in [6.45, 7) is 2.04. The molecule has 2 unspecified atom stereocenters. The van der Waals surface area contributed by atoms with E-state index in [9.17, 15) is 14.7 Å². The molecule has 3 heterocycles. The number of nitrogens with zero attached hydrogens (tertiary/aromatic N) is 5. The van der Waals surface area contributed by atoms with Crippen LogP contribution in [-0.2, 0) is 16.0 Å². The third-order valence-electron chi connectivity index (χ3n) is 4.05. The van der Waals surface area contributed by atoms with E-state index in [4.69, 9.17) is 15.0 Å². The highest BCUT2D eigenvalue weighted by Gasteiger charge is 2.36. The van der Waals surface area contributed by atoms with Gasteiger partial charge in [-0.1, -0.05) is 5.11 Å². The lowest BCUT2D eigenvalue weighted by atomic mass is 10.1. The van der Waals surface area contributed by atoms with Crippen molar-refractivity contribution in [2.45, 2.75) is 44.4 Å². The number of aliphatic hydroxyl groups excluding tert-OH is 1. The van der Waals surface area contributed by atoms with Gasteiger partial charge < -0.3 is 14.6 Å². The van der Waals surface area contributed by atoms with Crippen LogP contribution in [-0.4, -0.2) is 45.7 Å². The van der Waals surface area contributed by atoms with Crippen LogP contribution in [0.1, 0.15) is 18.2 Å². The molecule has 0 aromatic carbocycles. The van der Waals surface area contributed by atoms with Crippen LogP contribution in [0, 0.1) is 6.92 Å². The molecule has 0 spiro atoms. The Kier molecular flexibility index (Phi) is 4.22. The number of aromatic nitrogens is 2. The second-order valence-corrected chi connectivity index (χ2v) is 5.69. The monoisotopic (exact) mass is 323 g/mol. The van der Waals surface area contributed by atoms with Gasteiger partial charge in [0.1, 0.15) is 6.23 Å². The van der Waals surface area contributed by atoms with Crippen LogP contribution in [0.2, 0.25) is 0 Å². The Balaban J connectivity index is 1.96. The minimum atomic E-state index is -0.694. The lowest BCUT2D eigenvalue weighted by Crippen LogP contribution is -2.43. The van der Waals surface area contributed by atoms with Gasteiger partial charge in [0.05, 0.1) is 38.0 Å². The zero-order valence-electron chi connectivity index (χ0n) is 12.5. The van der Waals surface area contributed by atoms with Crippen LogP contribution >= 0.6 is 0 Å². The maximum absolute atomic E-state index is 12.6. The number of hydrogen-bond acceptors (Lipinski definition) is 6. The van der Waals surface area contributed by atoms with Gasteiger partial charge >= 0.3 is 5.69 Å². The molecular formula is C13H17N5O5. The fourth-order valence-electron chi connectivity index (χ4n) is 2.74. The molecule has 1 N–H and O–H groups in total. The SMILES string of the molecule is Cc1cn([C@H]2CC(N=[N+]=[N-])[C@@H](CO)O2)c(=O)n(CC2CO2)c1=O. The average Bonchev–Trinajstić information content (AvgIpc) is 3.27. The predicted molar refractivity (Wildman–Crippen MR) is 78.0 cm³/mol. The van der Waals surface area contributed by atoms with Crippen molar-refractivity contribution >= 4 is 0 Å². The van der Waals surface area contributed by atoms with Crippen LogP contribution in [0.5, 0.6) is 0 Å². The number of aliphatic hydroxyl groups is 1. The molecule has 3 rings (SSSR count). The summed E-state index contributed by atoms with van der Waals surface area (Å²) in [5, 5.41) is 12.9. The third kappa shape index (κ3) is 3.02. The van der Waals surface area contributed by atoms with Crippen molar-refractivity contribution in [1.82, 2.24) is 9.13 Å². The quantitative estimate of drug-likeness (QED) is 0.343. The summed E-state index contributed by atoms with van der Waals surface area (Å²) in [5.74, 6) is 0. The van der Waals surface area contributed by atoms with Crippen molar-refractivity contribution < 1.29 is 14.6 Å². The summed E-state index contributed by atoms with van der Waals surface area (Å²) in [6, 6.07) is -0.561. The molecule has 1 aromatic heterocycles. The maximum atomic E-state index is 12.6. The van der Waals surface area contributed by atoms with Crippen molar-refractivity contribution in [3.8, 4) is 0 Å². The third-order valence-corrected chi connectivity index (χ3v) is 4.05. The molecule has 2 aliphatic rings. The first-order valence-corrected chi connectivity index (χ1v) is 7.30. The Bertz CT molecular complexity index is 761. The van der Waals surface area contributed by atoms with Gasteiger partial charge in [-0.25, -0.2) is 4.79 Å². The van der Waals surface area contributed by atoms with Crippen LogP contribution in [0.15, 0.2) is 20.9 Å². The molecular weight excluding hydrogens is 306 g/mol. The van der Waals surface area contributed by atoms with Crippen molar-refractivity contribution in [3.63, 3.8) is 0 Å². The molecule has 4 atom stereocenters. The first-order valence-electron chi connectivity index (χ1n) is 7.30. The molecule has 0 bridgehead atoms. The summed E-state index contributed by atoms with van der Waals surface area (Å²) in [4.78, 5) is 27.5. The number of hydrogen-bond donors (Lipinski definition) is 1. The van der Waals surface area contributed by atoms with Crippen LogP contribution in [0.3, 0.4) is 0 Å². The summed E-state index contributed by atoms with van der Waals surface area (Å²) in [6.07, 6.45) is 0.219. The van der Waals surface area contributed by atoms with Crippen molar-refractivity contribution in [3.05, 3.63) is 43.0 Å². The first kappa shape index (κ1) is 15.8. The maximum Gasteiger partial charge on any atom is 0.333 e. The molecule has 2 saturated heterocycles. The first-order chi connectivity index (χ1) is 11.0. The van der Waals surface area contributed by atoms with Gasteiger partial charge in [0.15, 0.2) is 0 Å². The van der Waals surface area contributed by atoms with Gasteiger partial charge in [0.2, 0.25) is 0 Å². The highest BCUT2D eigenvalue weighted by molar-refractivity contribution is 5.04. The molecule has 10 heteroatoms. The second-order valence-electron chi connectivity index (χ2n) is 5.69. The summed E-state index contributed by atoms with van der Waals surface area (Å²) in [7, 11) is 0. The Hall–Kier alpha value is -2.13. The van der Waals surface area contributed by atoms with E-state index in [0.717, 1.165) is 4.57 Å². The fraction of sp³-hybridized carbons (Fsp3) is 0.692. The predicted octanol–water partition coefficient (Wildman–Crippen LogP) is -0.324. The number of rotatable bonds is 5. The van der Waals surface area contributed by atoms with Crippen LogP contribution in [0.4, 0.5) is 0 Å². The summed E-state index contributed by atoms with van der Waals surface area (Å²) in [5.41, 5.74) is 8.12. The van der Waals surface area contributed by atoms with E-state index in [2.05, 4.69) is 10.0 Å². The molecule has 0 aliphatic carbocycles. The molecule has 0 amide bonds. The smallest absolute Gasteiger partial charge is 0.333 e. The molecule has 0 saturated carbocycles. The summed E-state index contributed by atoms with van der Waals surface area (Å²) < 4.78 is 13.1. The topological polar surface area (TPSA) is 135 Å². The molecule has 0 radical (unpaired) electrons. The second kappa shape index (κ2) is 6.17. The molecule has 2 fully saturated rings. The van der Waals surface area contributed by atoms with E-state index in [1.807, 2.05) is 0 Å². The highest BCUT2D eigenvalue weighted by Crippen LogP contribution is 2.29. The van der Waals surface area contributed by atoms with Crippen LogP contribution < -0.4 is 11.2 Å². The van der Waals surface area contributed by atoms with E-state index >= 15 is 0 Å². The van der Waals surface area contributed by atoms with E-state index in [-0.39, 0.29) is 31.2 Å². The van der Waals surface area contributed by atoms with E-state index in [1.54, 1.807) is 6.92 Å². The normalized spacial score (nSPS) is 29.3. The molecule has 1 aromatic rings. The number of ether oxygens (including phenoxy) is 2. The van der Waals surface area contributed by atoms with Crippen LogP contribution in [0.25, 0.3) is 10.4 Å². The Morgan fingerprint density at radius 3 is 2.87 bits per heavy atom. The van der Waals surface area contributed by atoms with Gasteiger partial charge in [-0.05, 0) is 12.5 Å².